The molecule has 0 unspecified atom stereocenters. The smallest absolute Gasteiger partial charge is 0.341 e. The average molecular weight is 329 g/mol. The van der Waals surface area contributed by atoms with Gasteiger partial charge in [-0.25, -0.2) is 4.79 Å². The van der Waals surface area contributed by atoms with Crippen LogP contribution in [-0.4, -0.2) is 15.6 Å². The molecular formula is C21H15NO3. The number of benzene rings is 3. The van der Waals surface area contributed by atoms with Gasteiger partial charge in [0.15, 0.2) is 0 Å². The van der Waals surface area contributed by atoms with Crippen LogP contribution in [0.15, 0.2) is 84.9 Å². The van der Waals surface area contributed by atoms with Crippen LogP contribution < -0.4 is 4.74 Å². The fourth-order valence-electron chi connectivity index (χ4n) is 2.95. The minimum Gasteiger partial charge on any atom is -0.477 e. The lowest BCUT2D eigenvalue weighted by atomic mass is 10.2. The summed E-state index contributed by atoms with van der Waals surface area (Å²) in [5.41, 5.74) is 1.79. The Labute approximate surface area is 144 Å². The maximum atomic E-state index is 12.0. The highest BCUT2D eigenvalue weighted by Gasteiger charge is 2.24. The number of fused-ring (bicyclic) bond motifs is 1. The van der Waals surface area contributed by atoms with Crippen LogP contribution in [0.4, 0.5) is 0 Å². The topological polar surface area (TPSA) is 51.5 Å². The number of ether oxygens (including phenoxy) is 1. The van der Waals surface area contributed by atoms with Crippen molar-refractivity contribution in [3.05, 3.63) is 90.5 Å². The van der Waals surface area contributed by atoms with E-state index in [0.29, 0.717) is 17.0 Å². The van der Waals surface area contributed by atoms with Crippen LogP contribution in [-0.2, 0) is 0 Å². The van der Waals surface area contributed by atoms with Crippen molar-refractivity contribution >= 4 is 16.9 Å². The molecule has 4 rings (SSSR count). The normalized spacial score (nSPS) is 10.7. The van der Waals surface area contributed by atoms with Crippen molar-refractivity contribution in [2.75, 3.05) is 0 Å². The highest BCUT2D eigenvalue weighted by Crippen LogP contribution is 2.37. The van der Waals surface area contributed by atoms with Crippen molar-refractivity contribution in [2.24, 2.45) is 0 Å². The van der Waals surface area contributed by atoms with E-state index in [4.69, 9.17) is 4.74 Å². The molecule has 1 N–H and O–H groups in total. The number of hydrogen-bond acceptors (Lipinski definition) is 2. The van der Waals surface area contributed by atoms with Gasteiger partial charge in [-0.15, -0.1) is 0 Å². The molecule has 4 heteroatoms. The number of para-hydroxylation sites is 3. The Morgan fingerprint density at radius 2 is 1.40 bits per heavy atom. The van der Waals surface area contributed by atoms with Crippen molar-refractivity contribution < 1.29 is 14.6 Å². The molecule has 0 saturated carbocycles. The third-order valence-corrected chi connectivity index (χ3v) is 4.02. The Morgan fingerprint density at radius 1 is 0.800 bits per heavy atom. The minimum absolute atomic E-state index is 0.156. The summed E-state index contributed by atoms with van der Waals surface area (Å²) in [6.07, 6.45) is 0. The molecule has 0 spiro atoms. The molecule has 0 fully saturated rings. The monoisotopic (exact) mass is 329 g/mol. The van der Waals surface area contributed by atoms with Gasteiger partial charge in [0.1, 0.15) is 11.3 Å². The summed E-state index contributed by atoms with van der Waals surface area (Å²) in [4.78, 5) is 12.0. The molecule has 3 aromatic carbocycles. The molecule has 0 saturated heterocycles. The largest absolute Gasteiger partial charge is 0.477 e. The Kier molecular flexibility index (Phi) is 3.71. The molecule has 122 valence electrons. The molecule has 0 aliphatic heterocycles. The van der Waals surface area contributed by atoms with Crippen molar-refractivity contribution in [1.82, 2.24) is 4.57 Å². The Morgan fingerprint density at radius 3 is 2.08 bits per heavy atom. The van der Waals surface area contributed by atoms with E-state index < -0.39 is 5.97 Å². The number of carboxylic acid groups (broad SMARTS) is 1. The number of carboxylic acids is 1. The standard InChI is InChI=1S/C21H15NO3/c23-21(24)19-17-13-7-8-14-18(17)22(15-9-3-1-4-10-15)20(19)25-16-11-5-2-6-12-16/h1-14H,(H,23,24). The van der Waals surface area contributed by atoms with Crippen LogP contribution >= 0.6 is 0 Å². The van der Waals surface area contributed by atoms with Crippen LogP contribution in [0.3, 0.4) is 0 Å². The van der Waals surface area contributed by atoms with Gasteiger partial charge in [-0.2, -0.15) is 0 Å². The number of hydrogen-bond donors (Lipinski definition) is 1. The maximum Gasteiger partial charge on any atom is 0.341 e. The lowest BCUT2D eigenvalue weighted by Gasteiger charge is -2.12. The van der Waals surface area contributed by atoms with Crippen molar-refractivity contribution in [2.45, 2.75) is 0 Å². The SMILES string of the molecule is O=C(O)c1c(Oc2ccccc2)n(-c2ccccc2)c2ccccc12. The lowest BCUT2D eigenvalue weighted by molar-refractivity contribution is 0.0696. The highest BCUT2D eigenvalue weighted by molar-refractivity contribution is 6.07. The zero-order valence-electron chi connectivity index (χ0n) is 13.3. The van der Waals surface area contributed by atoms with Gasteiger partial charge in [-0.1, -0.05) is 54.6 Å². The Hall–Kier alpha value is -3.53. The van der Waals surface area contributed by atoms with Gasteiger partial charge in [0, 0.05) is 11.1 Å². The first kappa shape index (κ1) is 15.0. The van der Waals surface area contributed by atoms with Gasteiger partial charge in [0.25, 0.3) is 0 Å². The number of aromatic nitrogens is 1. The van der Waals surface area contributed by atoms with Crippen molar-refractivity contribution in [1.29, 1.82) is 0 Å². The zero-order valence-corrected chi connectivity index (χ0v) is 13.3. The number of rotatable bonds is 4. The Balaban J connectivity index is 2.04. The summed E-state index contributed by atoms with van der Waals surface area (Å²) in [6.45, 7) is 0. The second kappa shape index (κ2) is 6.17. The summed E-state index contributed by atoms with van der Waals surface area (Å²) in [5, 5.41) is 10.5. The zero-order chi connectivity index (χ0) is 17.2. The molecule has 25 heavy (non-hydrogen) atoms. The number of aromatic carboxylic acids is 1. The fourth-order valence-corrected chi connectivity index (χ4v) is 2.95. The number of nitrogens with zero attached hydrogens (tertiary/aromatic N) is 1. The van der Waals surface area contributed by atoms with Crippen molar-refractivity contribution in [3.8, 4) is 17.3 Å². The quantitative estimate of drug-likeness (QED) is 0.565. The summed E-state index contributed by atoms with van der Waals surface area (Å²) in [6, 6.07) is 26.2. The van der Waals surface area contributed by atoms with Crippen molar-refractivity contribution in [3.63, 3.8) is 0 Å². The molecule has 4 aromatic rings. The molecule has 0 amide bonds. The third kappa shape index (κ3) is 2.64. The van der Waals surface area contributed by atoms with Gasteiger partial charge in [0.05, 0.1) is 5.52 Å². The van der Waals surface area contributed by atoms with E-state index in [0.717, 1.165) is 11.2 Å². The molecule has 0 atom stereocenters. The summed E-state index contributed by atoms with van der Waals surface area (Å²) < 4.78 is 7.86. The summed E-state index contributed by atoms with van der Waals surface area (Å²) >= 11 is 0. The van der Waals surface area contributed by atoms with Crippen LogP contribution in [0.1, 0.15) is 10.4 Å². The fraction of sp³-hybridized carbons (Fsp3) is 0. The molecule has 0 aliphatic rings. The molecule has 0 bridgehead atoms. The van der Waals surface area contributed by atoms with E-state index >= 15 is 0 Å². The Bertz CT molecular complexity index is 1040. The first-order valence-electron chi connectivity index (χ1n) is 7.91. The predicted octanol–water partition coefficient (Wildman–Crippen LogP) is 5.12. The molecule has 1 heterocycles. The van der Waals surface area contributed by atoms with E-state index in [9.17, 15) is 9.90 Å². The van der Waals surface area contributed by atoms with Crippen LogP contribution in [0.5, 0.6) is 11.6 Å². The van der Waals surface area contributed by atoms with Gasteiger partial charge >= 0.3 is 5.97 Å². The number of carbonyl (C=O) groups is 1. The predicted molar refractivity (Wildman–Crippen MR) is 96.8 cm³/mol. The van der Waals surface area contributed by atoms with Gasteiger partial charge in [-0.3, -0.25) is 4.57 Å². The molecule has 1 aromatic heterocycles. The molecular weight excluding hydrogens is 314 g/mol. The first-order chi connectivity index (χ1) is 12.3. The van der Waals surface area contributed by atoms with E-state index in [2.05, 4.69) is 0 Å². The van der Waals surface area contributed by atoms with E-state index in [1.165, 1.54) is 0 Å². The molecule has 4 nitrogen and oxygen atoms in total. The van der Waals surface area contributed by atoms with E-state index in [1.54, 1.807) is 18.2 Å². The second-order valence-corrected chi connectivity index (χ2v) is 5.59. The van der Waals surface area contributed by atoms with Gasteiger partial charge in [0.2, 0.25) is 5.88 Å². The second-order valence-electron chi connectivity index (χ2n) is 5.59. The summed E-state index contributed by atoms with van der Waals surface area (Å²) in [5.74, 6) is -0.132. The van der Waals surface area contributed by atoms with Crippen LogP contribution in [0.25, 0.3) is 16.6 Å². The first-order valence-corrected chi connectivity index (χ1v) is 7.91. The maximum absolute atomic E-state index is 12.0. The van der Waals surface area contributed by atoms with Gasteiger partial charge < -0.3 is 9.84 Å². The van der Waals surface area contributed by atoms with E-state index in [1.807, 2.05) is 71.3 Å². The average Bonchev–Trinajstić information content (AvgIpc) is 2.97. The third-order valence-electron chi connectivity index (χ3n) is 4.02. The summed E-state index contributed by atoms with van der Waals surface area (Å²) in [7, 11) is 0. The minimum atomic E-state index is -1.02. The van der Waals surface area contributed by atoms with Crippen LogP contribution in [0.2, 0.25) is 0 Å². The molecule has 0 aliphatic carbocycles. The highest BCUT2D eigenvalue weighted by atomic mass is 16.5. The van der Waals surface area contributed by atoms with Gasteiger partial charge in [-0.05, 0) is 30.3 Å². The van der Waals surface area contributed by atoms with E-state index in [-0.39, 0.29) is 5.56 Å². The molecule has 0 radical (unpaired) electrons. The lowest BCUT2D eigenvalue weighted by Crippen LogP contribution is -2.02. The van der Waals surface area contributed by atoms with Crippen LogP contribution in [0, 0.1) is 0 Å².